The lowest BCUT2D eigenvalue weighted by Gasteiger charge is -2.27. The summed E-state index contributed by atoms with van der Waals surface area (Å²) >= 11 is 0. The van der Waals surface area contributed by atoms with E-state index in [1.54, 1.807) is 6.07 Å². The number of amides is 1. The molecule has 1 unspecified atom stereocenters. The summed E-state index contributed by atoms with van der Waals surface area (Å²) in [6.45, 7) is 8.19. The Bertz CT molecular complexity index is 639. The molecule has 1 aromatic carbocycles. The van der Waals surface area contributed by atoms with Crippen molar-refractivity contribution in [1.29, 1.82) is 0 Å². The number of rotatable bonds is 9. The van der Waals surface area contributed by atoms with Crippen LogP contribution < -0.4 is 14.8 Å². The van der Waals surface area contributed by atoms with Gasteiger partial charge in [-0.05, 0) is 31.2 Å². The van der Waals surface area contributed by atoms with Gasteiger partial charge in [0, 0.05) is 18.1 Å². The molecule has 0 aromatic heterocycles. The van der Waals surface area contributed by atoms with Crippen LogP contribution in [0, 0.1) is 0 Å². The number of carbonyl (C=O) groups is 2. The molecule has 0 radical (unpaired) electrons. The van der Waals surface area contributed by atoms with Crippen molar-refractivity contribution in [2.75, 3.05) is 5.32 Å². The molecule has 0 bridgehead atoms. The summed E-state index contributed by atoms with van der Waals surface area (Å²) in [7, 11) is 0. The second-order valence-electron chi connectivity index (χ2n) is 7.21. The summed E-state index contributed by atoms with van der Waals surface area (Å²) in [5.41, 5.74) is 1.48. The lowest BCUT2D eigenvalue weighted by atomic mass is 9.99. The minimum atomic E-state index is -0.451. The predicted octanol–water partition coefficient (Wildman–Crippen LogP) is 5.19. The third kappa shape index (κ3) is 5.23. The molecule has 5 heteroatoms. The van der Waals surface area contributed by atoms with Gasteiger partial charge in [0.1, 0.15) is 11.5 Å². The highest BCUT2D eigenvalue weighted by Gasteiger charge is 2.29. The number of benzene rings is 1. The van der Waals surface area contributed by atoms with Crippen LogP contribution in [-0.2, 0) is 9.59 Å². The van der Waals surface area contributed by atoms with Gasteiger partial charge in [-0.25, -0.2) is 0 Å². The van der Waals surface area contributed by atoms with Gasteiger partial charge in [0.05, 0.1) is 5.69 Å². The van der Waals surface area contributed by atoms with E-state index in [0.717, 1.165) is 37.7 Å². The first kappa shape index (κ1) is 20.3. The van der Waals surface area contributed by atoms with Crippen molar-refractivity contribution in [1.82, 2.24) is 0 Å². The highest BCUT2D eigenvalue weighted by molar-refractivity contribution is 5.98. The maximum Gasteiger partial charge on any atom is 0.311 e. The molecule has 1 N–H and O–H groups in total. The molecule has 0 saturated heterocycles. The molecule has 26 heavy (non-hydrogen) atoms. The maximum absolute atomic E-state index is 12.3. The Kier molecular flexibility index (Phi) is 7.49. The molecule has 1 amide bonds. The predicted molar refractivity (Wildman–Crippen MR) is 103 cm³/mol. The van der Waals surface area contributed by atoms with E-state index < -0.39 is 6.10 Å². The van der Waals surface area contributed by atoms with Gasteiger partial charge in [-0.15, -0.1) is 0 Å². The van der Waals surface area contributed by atoms with Gasteiger partial charge in [-0.1, -0.05) is 47.0 Å². The molecule has 1 aliphatic heterocycles. The third-order valence-corrected chi connectivity index (χ3v) is 4.55. The van der Waals surface area contributed by atoms with Gasteiger partial charge in [-0.2, -0.15) is 0 Å². The Balaban J connectivity index is 2.18. The summed E-state index contributed by atoms with van der Waals surface area (Å²) in [5, 5.41) is 2.91. The zero-order valence-electron chi connectivity index (χ0n) is 16.4. The Morgan fingerprint density at radius 3 is 2.62 bits per heavy atom. The molecule has 144 valence electrons. The van der Waals surface area contributed by atoms with Crippen molar-refractivity contribution in [3.05, 3.63) is 17.7 Å². The summed E-state index contributed by atoms with van der Waals surface area (Å²) in [6.07, 6.45) is 5.80. The second-order valence-corrected chi connectivity index (χ2v) is 7.21. The summed E-state index contributed by atoms with van der Waals surface area (Å²) in [5.74, 6) is 0.948. The Labute approximate surface area is 156 Å². The van der Waals surface area contributed by atoms with E-state index in [-0.39, 0.29) is 17.8 Å². The molecule has 1 aromatic rings. The summed E-state index contributed by atoms with van der Waals surface area (Å²) < 4.78 is 11.5. The largest absolute Gasteiger partial charge is 0.478 e. The average Bonchev–Trinajstić information content (AvgIpc) is 2.58. The lowest BCUT2D eigenvalue weighted by molar-refractivity contribution is -0.134. The van der Waals surface area contributed by atoms with E-state index in [0.29, 0.717) is 23.6 Å². The molecule has 0 aliphatic carbocycles. The van der Waals surface area contributed by atoms with Crippen LogP contribution in [0.1, 0.15) is 84.1 Å². The van der Waals surface area contributed by atoms with Crippen LogP contribution in [-0.4, -0.2) is 18.0 Å². The van der Waals surface area contributed by atoms with E-state index in [2.05, 4.69) is 12.2 Å². The van der Waals surface area contributed by atoms with Crippen molar-refractivity contribution in [3.63, 3.8) is 0 Å². The van der Waals surface area contributed by atoms with Gasteiger partial charge < -0.3 is 14.8 Å². The number of anilines is 1. The van der Waals surface area contributed by atoms with Gasteiger partial charge in [0.15, 0.2) is 6.10 Å². The van der Waals surface area contributed by atoms with E-state index in [4.69, 9.17) is 9.47 Å². The van der Waals surface area contributed by atoms with Crippen LogP contribution in [0.4, 0.5) is 5.69 Å². The van der Waals surface area contributed by atoms with Crippen LogP contribution in [0.15, 0.2) is 12.1 Å². The molecule has 5 nitrogen and oxygen atoms in total. The number of ether oxygens (including phenoxy) is 2. The Hall–Kier alpha value is -2.04. The van der Waals surface area contributed by atoms with E-state index in [1.807, 2.05) is 26.8 Å². The fraction of sp³-hybridized carbons (Fsp3) is 0.619. The topological polar surface area (TPSA) is 64.6 Å². The van der Waals surface area contributed by atoms with E-state index in [1.165, 1.54) is 6.42 Å². The SMILES string of the molecule is CCCCCCC1Oc2cc(C(C)C)c(OC(=O)CCC)cc2NC1=O. The number of carbonyl (C=O) groups excluding carboxylic acids is 2. The standard InChI is InChI=1S/C21H31NO4/c1-5-7-8-9-11-17-21(24)22-16-13-18(26-20(23)10-6-2)15(14(3)4)12-19(16)25-17/h12-14,17H,5-11H2,1-4H3,(H,22,24). The number of esters is 1. The molecule has 0 saturated carbocycles. The van der Waals surface area contributed by atoms with Crippen molar-refractivity contribution >= 4 is 17.6 Å². The zero-order chi connectivity index (χ0) is 19.1. The van der Waals surface area contributed by atoms with Gasteiger partial charge in [0.2, 0.25) is 0 Å². The normalized spacial score (nSPS) is 16.0. The fourth-order valence-corrected chi connectivity index (χ4v) is 3.05. The average molecular weight is 361 g/mol. The van der Waals surface area contributed by atoms with Crippen LogP contribution in [0.3, 0.4) is 0 Å². The zero-order valence-corrected chi connectivity index (χ0v) is 16.4. The first-order valence-electron chi connectivity index (χ1n) is 9.82. The number of unbranched alkanes of at least 4 members (excludes halogenated alkanes) is 3. The molecule has 0 spiro atoms. The lowest BCUT2D eigenvalue weighted by Crippen LogP contribution is -2.37. The minimum Gasteiger partial charge on any atom is -0.478 e. The minimum absolute atomic E-state index is 0.128. The number of fused-ring (bicyclic) bond motifs is 1. The van der Waals surface area contributed by atoms with E-state index in [9.17, 15) is 9.59 Å². The van der Waals surface area contributed by atoms with Gasteiger partial charge in [0.25, 0.3) is 5.91 Å². The molecule has 1 aliphatic rings. The molecular weight excluding hydrogens is 330 g/mol. The molecule has 1 atom stereocenters. The monoisotopic (exact) mass is 361 g/mol. The van der Waals surface area contributed by atoms with Crippen molar-refractivity contribution in [3.8, 4) is 11.5 Å². The molecule has 0 fully saturated rings. The Morgan fingerprint density at radius 2 is 1.96 bits per heavy atom. The third-order valence-electron chi connectivity index (χ3n) is 4.55. The second kappa shape index (κ2) is 9.60. The summed E-state index contributed by atoms with van der Waals surface area (Å²) in [4.78, 5) is 24.2. The maximum atomic E-state index is 12.3. The highest BCUT2D eigenvalue weighted by atomic mass is 16.5. The van der Waals surface area contributed by atoms with Crippen LogP contribution in [0.25, 0.3) is 0 Å². The molecule has 1 heterocycles. The van der Waals surface area contributed by atoms with Gasteiger partial charge in [-0.3, -0.25) is 9.59 Å². The Morgan fingerprint density at radius 1 is 1.19 bits per heavy atom. The van der Waals surface area contributed by atoms with E-state index >= 15 is 0 Å². The van der Waals surface area contributed by atoms with Crippen molar-refractivity contribution in [2.24, 2.45) is 0 Å². The highest BCUT2D eigenvalue weighted by Crippen LogP contribution is 2.39. The number of hydrogen-bond acceptors (Lipinski definition) is 4. The van der Waals surface area contributed by atoms with Crippen LogP contribution >= 0.6 is 0 Å². The van der Waals surface area contributed by atoms with Crippen molar-refractivity contribution < 1.29 is 19.1 Å². The van der Waals surface area contributed by atoms with Crippen LogP contribution in [0.5, 0.6) is 11.5 Å². The summed E-state index contributed by atoms with van der Waals surface area (Å²) in [6, 6.07) is 3.61. The first-order chi connectivity index (χ1) is 12.5. The number of hydrogen-bond donors (Lipinski definition) is 1. The van der Waals surface area contributed by atoms with Crippen LogP contribution in [0.2, 0.25) is 0 Å². The van der Waals surface area contributed by atoms with Gasteiger partial charge >= 0.3 is 5.97 Å². The molecule has 2 rings (SSSR count). The quantitative estimate of drug-likeness (QED) is 0.374. The fourth-order valence-electron chi connectivity index (χ4n) is 3.05. The smallest absolute Gasteiger partial charge is 0.311 e. The van der Waals surface area contributed by atoms with Crippen molar-refractivity contribution in [2.45, 2.75) is 84.7 Å². The number of nitrogens with one attached hydrogen (secondary N) is 1. The first-order valence-corrected chi connectivity index (χ1v) is 9.82. The molecular formula is C21H31NO4.